The summed E-state index contributed by atoms with van der Waals surface area (Å²) in [4.78, 5) is 48.5. The number of anilines is 1. The molecule has 0 unspecified atom stereocenters. The van der Waals surface area contributed by atoms with Crippen molar-refractivity contribution in [3.05, 3.63) is 99.4 Å². The monoisotopic (exact) mass is 491 g/mol. The number of non-ortho nitro benzene ring substituents is 1. The summed E-state index contributed by atoms with van der Waals surface area (Å²) in [5.74, 6) is -2.06. The molecule has 1 aliphatic rings. The first-order chi connectivity index (χ1) is 17.3. The van der Waals surface area contributed by atoms with Gasteiger partial charge in [0.2, 0.25) is 0 Å². The number of barbiturate groups is 1. The van der Waals surface area contributed by atoms with Crippen molar-refractivity contribution < 1.29 is 33.2 Å². The van der Waals surface area contributed by atoms with Crippen LogP contribution in [0.3, 0.4) is 0 Å². The van der Waals surface area contributed by atoms with Gasteiger partial charge in [-0.25, -0.2) is 14.1 Å². The largest absolute Gasteiger partial charge is 0.493 e. The third kappa shape index (κ3) is 4.89. The van der Waals surface area contributed by atoms with Crippen molar-refractivity contribution in [2.24, 2.45) is 0 Å². The zero-order valence-corrected chi connectivity index (χ0v) is 18.8. The first-order valence-corrected chi connectivity index (χ1v) is 10.5. The SMILES string of the molecule is COc1cc(C=C2C(=O)NC(=O)N(c3ccccc3F)C2=O)ccc1OCc1ccc([N+](=O)[O-])cc1. The van der Waals surface area contributed by atoms with Crippen LogP contribution in [-0.2, 0) is 16.2 Å². The number of hydrogen-bond acceptors (Lipinski definition) is 7. The maximum atomic E-state index is 14.2. The van der Waals surface area contributed by atoms with Crippen molar-refractivity contribution in [2.45, 2.75) is 6.61 Å². The Morgan fingerprint density at radius 1 is 1.03 bits per heavy atom. The summed E-state index contributed by atoms with van der Waals surface area (Å²) in [6, 6.07) is 14.7. The summed E-state index contributed by atoms with van der Waals surface area (Å²) >= 11 is 0. The summed E-state index contributed by atoms with van der Waals surface area (Å²) in [5, 5.41) is 12.8. The van der Waals surface area contributed by atoms with Gasteiger partial charge in [-0.2, -0.15) is 0 Å². The number of imide groups is 2. The minimum Gasteiger partial charge on any atom is -0.493 e. The molecule has 36 heavy (non-hydrogen) atoms. The maximum Gasteiger partial charge on any atom is 0.336 e. The van der Waals surface area contributed by atoms with Gasteiger partial charge in [-0.05, 0) is 53.6 Å². The van der Waals surface area contributed by atoms with Gasteiger partial charge in [0.15, 0.2) is 11.5 Å². The molecule has 0 atom stereocenters. The molecule has 3 aromatic carbocycles. The maximum absolute atomic E-state index is 14.2. The van der Waals surface area contributed by atoms with E-state index in [-0.39, 0.29) is 29.3 Å². The Hall–Kier alpha value is -5.06. The summed E-state index contributed by atoms with van der Waals surface area (Å²) < 4.78 is 25.3. The number of ether oxygens (including phenoxy) is 2. The van der Waals surface area contributed by atoms with E-state index in [0.29, 0.717) is 21.8 Å². The van der Waals surface area contributed by atoms with Gasteiger partial charge < -0.3 is 9.47 Å². The Morgan fingerprint density at radius 2 is 1.75 bits per heavy atom. The highest BCUT2D eigenvalue weighted by molar-refractivity contribution is 6.39. The molecule has 10 nitrogen and oxygen atoms in total. The zero-order chi connectivity index (χ0) is 25.8. The van der Waals surface area contributed by atoms with Crippen LogP contribution in [0.2, 0.25) is 0 Å². The Labute approximate surface area is 203 Å². The predicted octanol–water partition coefficient (Wildman–Crippen LogP) is 3.99. The van der Waals surface area contributed by atoms with Gasteiger partial charge in [-0.3, -0.25) is 25.0 Å². The van der Waals surface area contributed by atoms with Crippen molar-refractivity contribution in [3.63, 3.8) is 0 Å². The van der Waals surface area contributed by atoms with E-state index in [1.165, 1.54) is 49.6 Å². The second-order valence-electron chi connectivity index (χ2n) is 7.53. The van der Waals surface area contributed by atoms with Crippen LogP contribution in [0.15, 0.2) is 72.3 Å². The summed E-state index contributed by atoms with van der Waals surface area (Å²) in [6.45, 7) is 0.107. The number of methoxy groups -OCH3 is 1. The first kappa shape index (κ1) is 24.1. The van der Waals surface area contributed by atoms with Gasteiger partial charge in [0, 0.05) is 12.1 Å². The number of carbonyl (C=O) groups excluding carboxylic acids is 3. The second kappa shape index (κ2) is 10.1. The Bertz CT molecular complexity index is 1400. The van der Waals surface area contributed by atoms with Gasteiger partial charge in [-0.1, -0.05) is 18.2 Å². The average Bonchev–Trinajstić information content (AvgIpc) is 2.86. The van der Waals surface area contributed by atoms with E-state index in [2.05, 4.69) is 0 Å². The zero-order valence-electron chi connectivity index (χ0n) is 18.8. The molecule has 1 aliphatic heterocycles. The lowest BCUT2D eigenvalue weighted by molar-refractivity contribution is -0.384. The summed E-state index contributed by atoms with van der Waals surface area (Å²) in [7, 11) is 1.40. The fraction of sp³-hybridized carbons (Fsp3) is 0.0800. The van der Waals surface area contributed by atoms with Crippen molar-refractivity contribution in [1.29, 1.82) is 0 Å². The number of rotatable bonds is 7. The van der Waals surface area contributed by atoms with E-state index >= 15 is 0 Å². The molecule has 11 heteroatoms. The van der Waals surface area contributed by atoms with Crippen LogP contribution in [0.1, 0.15) is 11.1 Å². The number of para-hydroxylation sites is 1. The predicted molar refractivity (Wildman–Crippen MR) is 126 cm³/mol. The van der Waals surface area contributed by atoms with E-state index in [9.17, 15) is 28.9 Å². The van der Waals surface area contributed by atoms with E-state index in [1.54, 1.807) is 24.3 Å². The number of halogens is 1. The molecule has 1 fully saturated rings. The van der Waals surface area contributed by atoms with Crippen molar-refractivity contribution >= 4 is 35.3 Å². The third-order valence-electron chi connectivity index (χ3n) is 5.24. The minimum atomic E-state index is -1.06. The lowest BCUT2D eigenvalue weighted by Crippen LogP contribution is -2.54. The standard InChI is InChI=1S/C25H18FN3O7/c1-35-22-13-16(8-11-21(22)36-14-15-6-9-17(10-7-15)29(33)34)12-18-23(30)27-25(32)28(24(18)31)20-5-3-2-4-19(20)26/h2-13H,14H2,1H3,(H,27,30,32). The summed E-state index contributed by atoms with van der Waals surface area (Å²) in [6.07, 6.45) is 1.25. The van der Waals surface area contributed by atoms with Gasteiger partial charge in [0.25, 0.3) is 17.5 Å². The van der Waals surface area contributed by atoms with E-state index in [1.807, 2.05) is 5.32 Å². The number of carbonyl (C=O) groups is 3. The first-order valence-electron chi connectivity index (χ1n) is 10.5. The lowest BCUT2D eigenvalue weighted by Gasteiger charge is -2.26. The van der Waals surface area contributed by atoms with Crippen molar-refractivity contribution in [2.75, 3.05) is 12.0 Å². The molecule has 1 N–H and O–H groups in total. The fourth-order valence-corrected chi connectivity index (χ4v) is 3.44. The number of nitrogens with zero attached hydrogens (tertiary/aromatic N) is 2. The van der Waals surface area contributed by atoms with Crippen LogP contribution in [0, 0.1) is 15.9 Å². The number of urea groups is 1. The number of nitro groups is 1. The Balaban J connectivity index is 1.57. The van der Waals surface area contributed by atoms with Crippen LogP contribution in [0.5, 0.6) is 11.5 Å². The Kier molecular flexibility index (Phi) is 6.72. The highest BCUT2D eigenvalue weighted by Crippen LogP contribution is 2.31. The third-order valence-corrected chi connectivity index (χ3v) is 5.24. The molecule has 182 valence electrons. The van der Waals surface area contributed by atoms with Crippen LogP contribution in [-0.4, -0.2) is 29.9 Å². The van der Waals surface area contributed by atoms with Crippen LogP contribution in [0.4, 0.5) is 20.6 Å². The second-order valence-corrected chi connectivity index (χ2v) is 7.53. The molecule has 4 amide bonds. The van der Waals surface area contributed by atoms with Crippen LogP contribution >= 0.6 is 0 Å². The molecule has 1 heterocycles. The average molecular weight is 491 g/mol. The smallest absolute Gasteiger partial charge is 0.336 e. The molecule has 1 saturated heterocycles. The molecule has 0 bridgehead atoms. The topological polar surface area (TPSA) is 128 Å². The molecule has 0 spiro atoms. The van der Waals surface area contributed by atoms with E-state index < -0.39 is 28.6 Å². The molecule has 3 aromatic rings. The normalized spacial score (nSPS) is 14.6. The number of nitrogens with one attached hydrogen (secondary N) is 1. The molecule has 0 radical (unpaired) electrons. The van der Waals surface area contributed by atoms with Crippen molar-refractivity contribution in [3.8, 4) is 11.5 Å². The van der Waals surface area contributed by atoms with Crippen molar-refractivity contribution in [1.82, 2.24) is 5.32 Å². The summed E-state index contributed by atoms with van der Waals surface area (Å²) in [5.41, 5.74) is 0.378. The molecule has 0 aromatic heterocycles. The van der Waals surface area contributed by atoms with Gasteiger partial charge in [0.05, 0.1) is 17.7 Å². The highest BCUT2D eigenvalue weighted by atomic mass is 19.1. The van der Waals surface area contributed by atoms with Gasteiger partial charge in [-0.15, -0.1) is 0 Å². The molecule has 0 aliphatic carbocycles. The molecular weight excluding hydrogens is 473 g/mol. The molecule has 0 saturated carbocycles. The van der Waals surface area contributed by atoms with Crippen LogP contribution < -0.4 is 19.7 Å². The van der Waals surface area contributed by atoms with Crippen LogP contribution in [0.25, 0.3) is 6.08 Å². The fourth-order valence-electron chi connectivity index (χ4n) is 3.44. The molecular formula is C25H18FN3O7. The quantitative estimate of drug-likeness (QED) is 0.229. The number of amides is 4. The number of nitro benzene ring substituents is 1. The Morgan fingerprint density at radius 3 is 2.42 bits per heavy atom. The van der Waals surface area contributed by atoms with E-state index in [0.717, 1.165) is 6.07 Å². The minimum absolute atomic E-state index is 0.0368. The van der Waals surface area contributed by atoms with Gasteiger partial charge >= 0.3 is 6.03 Å². The number of hydrogen-bond donors (Lipinski definition) is 1. The van der Waals surface area contributed by atoms with E-state index in [4.69, 9.17) is 9.47 Å². The highest BCUT2D eigenvalue weighted by Gasteiger charge is 2.38. The van der Waals surface area contributed by atoms with Gasteiger partial charge in [0.1, 0.15) is 18.0 Å². The lowest BCUT2D eigenvalue weighted by atomic mass is 10.1. The molecule has 4 rings (SSSR count). The number of benzene rings is 3.